The van der Waals surface area contributed by atoms with Crippen LogP contribution in [-0.4, -0.2) is 18.1 Å². The van der Waals surface area contributed by atoms with E-state index < -0.39 is 0 Å². The molecule has 1 nitrogen and oxygen atoms in total. The van der Waals surface area contributed by atoms with Crippen LogP contribution in [0.25, 0.3) is 0 Å². The third kappa shape index (κ3) is 3.17. The van der Waals surface area contributed by atoms with E-state index >= 15 is 0 Å². The first kappa shape index (κ1) is 11.4. The summed E-state index contributed by atoms with van der Waals surface area (Å²) in [6.07, 6.45) is 9.21. The zero-order valence-electron chi connectivity index (χ0n) is 8.96. The summed E-state index contributed by atoms with van der Waals surface area (Å²) in [7, 11) is 0. The summed E-state index contributed by atoms with van der Waals surface area (Å²) in [4.78, 5) is 0. The van der Waals surface area contributed by atoms with E-state index in [4.69, 9.17) is 5.73 Å². The predicted octanol–water partition coefficient (Wildman–Crippen LogP) is 2.89. The molecule has 3 atom stereocenters. The average Bonchev–Trinajstić information content (AvgIpc) is 2.18. The molecule has 0 aromatic rings. The Bertz CT molecular complexity index is 138. The van der Waals surface area contributed by atoms with Crippen molar-refractivity contribution in [2.75, 3.05) is 12.8 Å². The van der Waals surface area contributed by atoms with Crippen molar-refractivity contribution in [3.8, 4) is 0 Å². The summed E-state index contributed by atoms with van der Waals surface area (Å²) in [6, 6.07) is 0. The summed E-state index contributed by atoms with van der Waals surface area (Å²) in [6.45, 7) is 3.19. The number of nitrogens with two attached hydrogens (primary N) is 1. The molecule has 1 aliphatic carbocycles. The van der Waals surface area contributed by atoms with E-state index in [9.17, 15) is 0 Å². The molecule has 1 fully saturated rings. The highest BCUT2D eigenvalue weighted by Crippen LogP contribution is 2.36. The van der Waals surface area contributed by atoms with Crippen molar-refractivity contribution >= 4 is 11.8 Å². The molecule has 1 rings (SSSR count). The third-order valence-corrected chi connectivity index (χ3v) is 4.52. The van der Waals surface area contributed by atoms with Crippen molar-refractivity contribution in [1.82, 2.24) is 0 Å². The van der Waals surface area contributed by atoms with Crippen LogP contribution in [0.2, 0.25) is 0 Å². The van der Waals surface area contributed by atoms with Crippen LogP contribution in [0.5, 0.6) is 0 Å². The molecule has 0 heterocycles. The molecule has 0 amide bonds. The minimum absolute atomic E-state index is 0.795. The summed E-state index contributed by atoms with van der Waals surface area (Å²) >= 11 is 2.03. The van der Waals surface area contributed by atoms with Crippen LogP contribution in [0.4, 0.5) is 0 Å². The molecule has 2 heteroatoms. The molecule has 0 saturated heterocycles. The summed E-state index contributed by atoms with van der Waals surface area (Å²) in [5.41, 5.74) is 5.78. The lowest BCUT2D eigenvalue weighted by atomic mass is 9.80. The Morgan fingerprint density at radius 2 is 2.15 bits per heavy atom. The van der Waals surface area contributed by atoms with Crippen LogP contribution in [0, 0.1) is 11.8 Å². The van der Waals surface area contributed by atoms with Gasteiger partial charge in [0.05, 0.1) is 0 Å². The number of rotatable bonds is 4. The zero-order chi connectivity index (χ0) is 9.68. The Morgan fingerprint density at radius 1 is 1.38 bits per heavy atom. The van der Waals surface area contributed by atoms with Gasteiger partial charge in [0, 0.05) is 5.25 Å². The van der Waals surface area contributed by atoms with E-state index in [1.165, 1.54) is 32.1 Å². The van der Waals surface area contributed by atoms with Crippen molar-refractivity contribution in [2.45, 2.75) is 44.3 Å². The summed E-state index contributed by atoms with van der Waals surface area (Å²) in [5, 5.41) is 0.843. The highest BCUT2D eigenvalue weighted by atomic mass is 32.2. The fourth-order valence-electron chi connectivity index (χ4n) is 2.50. The van der Waals surface area contributed by atoms with E-state index in [2.05, 4.69) is 13.2 Å². The second-order valence-corrected chi connectivity index (χ2v) is 5.31. The Hall–Kier alpha value is 0.310. The molecular formula is C11H23NS. The highest BCUT2D eigenvalue weighted by molar-refractivity contribution is 7.99. The van der Waals surface area contributed by atoms with Gasteiger partial charge >= 0.3 is 0 Å². The van der Waals surface area contributed by atoms with Gasteiger partial charge in [0.2, 0.25) is 0 Å². The van der Waals surface area contributed by atoms with E-state index in [0.717, 1.165) is 23.6 Å². The van der Waals surface area contributed by atoms with Gasteiger partial charge in [-0.3, -0.25) is 0 Å². The van der Waals surface area contributed by atoms with Crippen molar-refractivity contribution in [3.63, 3.8) is 0 Å². The molecule has 0 spiro atoms. The second kappa shape index (κ2) is 5.92. The third-order valence-electron chi connectivity index (χ3n) is 3.34. The fourth-order valence-corrected chi connectivity index (χ4v) is 3.60. The van der Waals surface area contributed by atoms with E-state index in [0.29, 0.717) is 0 Å². The Kier molecular flexibility index (Phi) is 5.18. The van der Waals surface area contributed by atoms with Crippen molar-refractivity contribution in [1.29, 1.82) is 0 Å². The van der Waals surface area contributed by atoms with Gasteiger partial charge in [-0.2, -0.15) is 11.8 Å². The lowest BCUT2D eigenvalue weighted by Gasteiger charge is -2.34. The smallest absolute Gasteiger partial charge is 0.00872 e. The Labute approximate surface area is 86.8 Å². The molecule has 1 saturated carbocycles. The van der Waals surface area contributed by atoms with Gasteiger partial charge in [0.1, 0.15) is 0 Å². The van der Waals surface area contributed by atoms with Gasteiger partial charge in [-0.1, -0.05) is 26.2 Å². The van der Waals surface area contributed by atoms with Crippen LogP contribution >= 0.6 is 11.8 Å². The normalized spacial score (nSPS) is 34.8. The number of hydrogen-bond donors (Lipinski definition) is 1. The molecule has 13 heavy (non-hydrogen) atoms. The molecule has 3 unspecified atom stereocenters. The van der Waals surface area contributed by atoms with Crippen LogP contribution in [0.3, 0.4) is 0 Å². The average molecular weight is 201 g/mol. The highest BCUT2D eigenvalue weighted by Gasteiger charge is 2.28. The molecule has 0 aromatic carbocycles. The van der Waals surface area contributed by atoms with E-state index in [-0.39, 0.29) is 0 Å². The maximum Gasteiger partial charge on any atom is 0.00872 e. The van der Waals surface area contributed by atoms with Crippen LogP contribution in [0.1, 0.15) is 39.0 Å². The van der Waals surface area contributed by atoms with Gasteiger partial charge in [-0.25, -0.2) is 0 Å². The minimum Gasteiger partial charge on any atom is -0.330 e. The van der Waals surface area contributed by atoms with Crippen molar-refractivity contribution in [3.05, 3.63) is 0 Å². The minimum atomic E-state index is 0.795. The summed E-state index contributed by atoms with van der Waals surface area (Å²) in [5.74, 6) is 1.79. The first-order chi connectivity index (χ1) is 6.31. The fraction of sp³-hybridized carbons (Fsp3) is 1.00. The summed E-state index contributed by atoms with van der Waals surface area (Å²) < 4.78 is 0. The van der Waals surface area contributed by atoms with Gasteiger partial charge < -0.3 is 5.73 Å². The molecule has 1 aliphatic rings. The Balaban J connectivity index is 2.38. The maximum atomic E-state index is 5.78. The first-order valence-corrected chi connectivity index (χ1v) is 6.83. The lowest BCUT2D eigenvalue weighted by molar-refractivity contribution is 0.276. The molecule has 2 N–H and O–H groups in total. The van der Waals surface area contributed by atoms with Gasteiger partial charge in [-0.05, 0) is 37.5 Å². The number of thioether (sulfide) groups is 1. The molecular weight excluding hydrogens is 178 g/mol. The van der Waals surface area contributed by atoms with Crippen LogP contribution in [-0.2, 0) is 0 Å². The van der Waals surface area contributed by atoms with Crippen LogP contribution in [0.15, 0.2) is 0 Å². The van der Waals surface area contributed by atoms with Gasteiger partial charge in [0.25, 0.3) is 0 Å². The maximum absolute atomic E-state index is 5.78. The molecule has 0 bridgehead atoms. The molecule has 0 aromatic heterocycles. The standard InChI is InChI=1S/C11H23NS/c1-3-4-9-5-6-10(8-12)11(7-9)13-2/h9-11H,3-8,12H2,1-2H3. The zero-order valence-corrected chi connectivity index (χ0v) is 9.78. The Morgan fingerprint density at radius 3 is 2.69 bits per heavy atom. The topological polar surface area (TPSA) is 26.0 Å². The molecule has 0 aliphatic heterocycles. The molecule has 78 valence electrons. The van der Waals surface area contributed by atoms with Crippen molar-refractivity contribution in [2.24, 2.45) is 17.6 Å². The lowest BCUT2D eigenvalue weighted by Crippen LogP contribution is -2.32. The van der Waals surface area contributed by atoms with Crippen molar-refractivity contribution < 1.29 is 0 Å². The quantitative estimate of drug-likeness (QED) is 0.757. The number of hydrogen-bond acceptors (Lipinski definition) is 2. The molecule has 0 radical (unpaired) electrons. The largest absolute Gasteiger partial charge is 0.330 e. The van der Waals surface area contributed by atoms with Crippen LogP contribution < -0.4 is 5.73 Å². The van der Waals surface area contributed by atoms with E-state index in [1.54, 1.807) is 0 Å². The monoisotopic (exact) mass is 201 g/mol. The van der Waals surface area contributed by atoms with Gasteiger partial charge in [-0.15, -0.1) is 0 Å². The van der Waals surface area contributed by atoms with E-state index in [1.807, 2.05) is 11.8 Å². The van der Waals surface area contributed by atoms with Gasteiger partial charge in [0.15, 0.2) is 0 Å². The SMILES string of the molecule is CCCC1CCC(CN)C(SC)C1. The predicted molar refractivity (Wildman–Crippen MR) is 62.1 cm³/mol. The second-order valence-electron chi connectivity index (χ2n) is 4.24. The first-order valence-electron chi connectivity index (χ1n) is 5.54.